The van der Waals surface area contributed by atoms with Crippen LogP contribution in [0.3, 0.4) is 0 Å². The van der Waals surface area contributed by atoms with Gasteiger partial charge in [-0.1, -0.05) is 96.8 Å². The van der Waals surface area contributed by atoms with Gasteiger partial charge in [-0.15, -0.1) is 12.4 Å². The van der Waals surface area contributed by atoms with Crippen molar-refractivity contribution in [2.24, 2.45) is 0 Å². The van der Waals surface area contributed by atoms with Crippen LogP contribution < -0.4 is 6.15 Å². The first kappa shape index (κ1) is 26.6. The van der Waals surface area contributed by atoms with Gasteiger partial charge in [0, 0.05) is 6.42 Å². The van der Waals surface area contributed by atoms with Crippen LogP contribution in [-0.4, -0.2) is 11.1 Å². The highest BCUT2D eigenvalue weighted by atomic mass is 35.5. The highest BCUT2D eigenvalue weighted by molar-refractivity contribution is 5.85. The number of rotatable bonds is 16. The van der Waals surface area contributed by atoms with E-state index in [4.69, 9.17) is 5.11 Å². The number of carbonyl (C=O) groups is 1. The lowest BCUT2D eigenvalue weighted by Gasteiger charge is -2.03. The molecule has 0 saturated carbocycles. The molecule has 0 aliphatic rings. The Morgan fingerprint density at radius 1 is 0.636 bits per heavy atom. The summed E-state index contributed by atoms with van der Waals surface area (Å²) in [6, 6.07) is 0. The minimum Gasteiger partial charge on any atom is -0.481 e. The van der Waals surface area contributed by atoms with Crippen LogP contribution in [-0.2, 0) is 4.79 Å². The first-order valence-corrected chi connectivity index (χ1v) is 8.99. The fourth-order valence-electron chi connectivity index (χ4n) is 2.65. The van der Waals surface area contributed by atoms with Crippen molar-refractivity contribution in [3.63, 3.8) is 0 Å². The van der Waals surface area contributed by atoms with Crippen LogP contribution in [0, 0.1) is 0 Å². The van der Waals surface area contributed by atoms with E-state index in [-0.39, 0.29) is 18.6 Å². The van der Waals surface area contributed by atoms with E-state index in [1.54, 1.807) is 0 Å². The number of carboxylic acid groups (broad SMARTS) is 1. The molecule has 0 bridgehead atoms. The minimum absolute atomic E-state index is 0. The molecule has 3 nitrogen and oxygen atoms in total. The van der Waals surface area contributed by atoms with Crippen LogP contribution in [0.4, 0.5) is 0 Å². The van der Waals surface area contributed by atoms with Gasteiger partial charge in [0.2, 0.25) is 0 Å². The lowest BCUT2D eigenvalue weighted by molar-refractivity contribution is -0.137. The quantitative estimate of drug-likeness (QED) is 0.300. The van der Waals surface area contributed by atoms with Crippen molar-refractivity contribution in [1.29, 1.82) is 0 Å². The van der Waals surface area contributed by atoms with Gasteiger partial charge in [0.25, 0.3) is 0 Å². The predicted molar refractivity (Wildman–Crippen MR) is 99.5 cm³/mol. The molecule has 0 amide bonds. The Balaban J connectivity index is -0.00000180. The third-order valence-corrected chi connectivity index (χ3v) is 3.99. The third kappa shape index (κ3) is 24.7. The lowest BCUT2D eigenvalue weighted by atomic mass is 10.0. The van der Waals surface area contributed by atoms with E-state index in [9.17, 15) is 4.79 Å². The average molecular weight is 338 g/mol. The van der Waals surface area contributed by atoms with Gasteiger partial charge in [0.15, 0.2) is 0 Å². The van der Waals surface area contributed by atoms with Gasteiger partial charge in [-0.3, -0.25) is 4.79 Å². The number of carboxylic acids is 1. The summed E-state index contributed by atoms with van der Waals surface area (Å²) in [7, 11) is 0. The summed E-state index contributed by atoms with van der Waals surface area (Å²) < 4.78 is 0. The van der Waals surface area contributed by atoms with E-state index >= 15 is 0 Å². The zero-order chi connectivity index (χ0) is 14.9. The molecule has 0 aromatic rings. The van der Waals surface area contributed by atoms with Crippen molar-refractivity contribution >= 4 is 18.4 Å². The largest absolute Gasteiger partial charge is 0.481 e. The van der Waals surface area contributed by atoms with Crippen LogP contribution in [0.2, 0.25) is 0 Å². The van der Waals surface area contributed by atoms with Gasteiger partial charge in [0.1, 0.15) is 0 Å². The Hall–Kier alpha value is -0.280. The maximum absolute atomic E-state index is 10.3. The summed E-state index contributed by atoms with van der Waals surface area (Å²) in [6.07, 6.45) is 20.2. The van der Waals surface area contributed by atoms with Gasteiger partial charge in [-0.2, -0.15) is 0 Å². The molecule has 0 radical (unpaired) electrons. The standard InChI is InChI=1S/C18H36O2.ClH.H3N/c1-2-3-4-5-6-7-8-9-10-11-12-13-14-15-16-17-18(19)20;;/h2-17H2,1H3,(H,19,20);1H;1H3. The Morgan fingerprint density at radius 2 is 0.909 bits per heavy atom. The second kappa shape index (κ2) is 23.0. The van der Waals surface area contributed by atoms with Gasteiger partial charge in [-0.05, 0) is 6.42 Å². The number of hydrogen-bond acceptors (Lipinski definition) is 2. The molecular formula is C18H40ClNO2. The molecule has 0 atom stereocenters. The average Bonchev–Trinajstić information content (AvgIpc) is 2.43. The number of aliphatic carboxylic acids is 1. The Labute approximate surface area is 144 Å². The van der Waals surface area contributed by atoms with Gasteiger partial charge in [0.05, 0.1) is 0 Å². The monoisotopic (exact) mass is 337 g/mol. The van der Waals surface area contributed by atoms with Crippen molar-refractivity contribution < 1.29 is 9.90 Å². The molecule has 0 aliphatic carbocycles. The summed E-state index contributed by atoms with van der Waals surface area (Å²) in [4.78, 5) is 10.3. The molecule has 0 aromatic heterocycles. The molecule has 4 N–H and O–H groups in total. The Morgan fingerprint density at radius 3 is 1.18 bits per heavy atom. The first-order valence-electron chi connectivity index (χ1n) is 8.99. The van der Waals surface area contributed by atoms with Crippen molar-refractivity contribution in [3.05, 3.63) is 0 Å². The van der Waals surface area contributed by atoms with Crippen LogP contribution in [0.5, 0.6) is 0 Å². The van der Waals surface area contributed by atoms with Crippen molar-refractivity contribution in [3.8, 4) is 0 Å². The second-order valence-electron chi connectivity index (χ2n) is 6.09. The normalized spacial score (nSPS) is 9.86. The van der Waals surface area contributed by atoms with E-state index in [2.05, 4.69) is 6.92 Å². The topological polar surface area (TPSA) is 72.3 Å². The van der Waals surface area contributed by atoms with Gasteiger partial charge in [-0.25, -0.2) is 0 Å². The summed E-state index contributed by atoms with van der Waals surface area (Å²) in [5.41, 5.74) is 0. The van der Waals surface area contributed by atoms with E-state index in [1.165, 1.54) is 83.5 Å². The third-order valence-electron chi connectivity index (χ3n) is 3.99. The molecule has 0 rings (SSSR count). The maximum Gasteiger partial charge on any atom is 0.303 e. The highest BCUT2D eigenvalue weighted by Gasteiger charge is 1.97. The minimum atomic E-state index is -0.653. The Kier molecular flexibility index (Phi) is 27.8. The lowest BCUT2D eigenvalue weighted by Crippen LogP contribution is -1.93. The van der Waals surface area contributed by atoms with Gasteiger partial charge >= 0.3 is 5.97 Å². The van der Waals surface area contributed by atoms with E-state index in [0.29, 0.717) is 6.42 Å². The smallest absolute Gasteiger partial charge is 0.303 e. The SMILES string of the molecule is CCCCCCCCCCCCCCCCCC(=O)O.Cl.N. The summed E-state index contributed by atoms with van der Waals surface area (Å²) in [6.45, 7) is 2.27. The van der Waals surface area contributed by atoms with Crippen molar-refractivity contribution in [1.82, 2.24) is 6.15 Å². The summed E-state index contributed by atoms with van der Waals surface area (Å²) >= 11 is 0. The van der Waals surface area contributed by atoms with E-state index in [0.717, 1.165) is 12.8 Å². The molecule has 0 aliphatic heterocycles. The highest BCUT2D eigenvalue weighted by Crippen LogP contribution is 2.13. The predicted octanol–water partition coefficient (Wildman–Crippen LogP) is 6.92. The van der Waals surface area contributed by atoms with E-state index < -0.39 is 5.97 Å². The second-order valence-corrected chi connectivity index (χ2v) is 6.09. The van der Waals surface area contributed by atoms with Crippen molar-refractivity contribution in [2.45, 2.75) is 110 Å². The molecule has 0 fully saturated rings. The Bertz CT molecular complexity index is 213. The molecule has 0 aromatic carbocycles. The molecule has 22 heavy (non-hydrogen) atoms. The fraction of sp³-hybridized carbons (Fsp3) is 0.944. The molecule has 0 spiro atoms. The number of hydrogen-bond donors (Lipinski definition) is 2. The van der Waals surface area contributed by atoms with E-state index in [1.807, 2.05) is 0 Å². The summed E-state index contributed by atoms with van der Waals surface area (Å²) in [5, 5.41) is 8.52. The summed E-state index contributed by atoms with van der Waals surface area (Å²) in [5.74, 6) is -0.653. The molecule has 0 heterocycles. The van der Waals surface area contributed by atoms with Crippen LogP contribution in [0.1, 0.15) is 110 Å². The van der Waals surface area contributed by atoms with Crippen molar-refractivity contribution in [2.75, 3.05) is 0 Å². The zero-order valence-corrected chi connectivity index (χ0v) is 15.6. The molecule has 136 valence electrons. The first-order chi connectivity index (χ1) is 9.77. The zero-order valence-electron chi connectivity index (χ0n) is 14.8. The molecule has 0 saturated heterocycles. The van der Waals surface area contributed by atoms with Crippen LogP contribution in [0.25, 0.3) is 0 Å². The molecule has 4 heteroatoms. The number of unbranched alkanes of at least 4 members (excludes halogenated alkanes) is 14. The molecule has 0 unspecified atom stereocenters. The molecular weight excluding hydrogens is 298 g/mol. The fourth-order valence-corrected chi connectivity index (χ4v) is 2.65. The van der Waals surface area contributed by atoms with Gasteiger partial charge < -0.3 is 11.3 Å². The van der Waals surface area contributed by atoms with Crippen LogP contribution >= 0.6 is 12.4 Å². The van der Waals surface area contributed by atoms with Crippen LogP contribution in [0.15, 0.2) is 0 Å². The number of halogens is 1. The maximum atomic E-state index is 10.3.